The number of carbonyl (C=O) groups is 2. The third kappa shape index (κ3) is 11.0. The van der Waals surface area contributed by atoms with Gasteiger partial charge in [0.2, 0.25) is 11.8 Å². The molecular weight excluding hydrogens is 338 g/mol. The van der Waals surface area contributed by atoms with Crippen LogP contribution in [0.3, 0.4) is 0 Å². The third-order valence-electron chi connectivity index (χ3n) is 3.53. The monoisotopic (exact) mass is 371 g/mol. The standard InChI is InChI=1S/C22H33N3O2/c1-21(2,3)12-10-19(26)24-15-16-25(17-18-9-7-8-14-23-18)20(27)11-13-22(4,5)6/h7-14H,15-17H2,1-6H3,(H,24,26). The van der Waals surface area contributed by atoms with Crippen molar-refractivity contribution in [2.24, 2.45) is 10.8 Å². The first-order chi connectivity index (χ1) is 12.5. The summed E-state index contributed by atoms with van der Waals surface area (Å²) in [5, 5.41) is 2.83. The minimum Gasteiger partial charge on any atom is -0.351 e. The zero-order valence-corrected chi connectivity index (χ0v) is 17.5. The molecule has 5 nitrogen and oxygen atoms in total. The van der Waals surface area contributed by atoms with Crippen molar-refractivity contribution < 1.29 is 9.59 Å². The summed E-state index contributed by atoms with van der Waals surface area (Å²) in [5.74, 6) is -0.240. The van der Waals surface area contributed by atoms with Crippen molar-refractivity contribution in [2.75, 3.05) is 13.1 Å². The van der Waals surface area contributed by atoms with Crippen molar-refractivity contribution in [1.82, 2.24) is 15.2 Å². The Labute approximate surface area is 163 Å². The van der Waals surface area contributed by atoms with Crippen molar-refractivity contribution in [3.8, 4) is 0 Å². The molecule has 0 fully saturated rings. The third-order valence-corrected chi connectivity index (χ3v) is 3.53. The van der Waals surface area contributed by atoms with Crippen molar-refractivity contribution >= 4 is 11.8 Å². The molecule has 148 valence electrons. The summed E-state index contributed by atoms with van der Waals surface area (Å²) in [7, 11) is 0. The van der Waals surface area contributed by atoms with E-state index in [0.717, 1.165) is 5.69 Å². The molecule has 1 aromatic rings. The Bertz CT molecular complexity index is 665. The van der Waals surface area contributed by atoms with Gasteiger partial charge < -0.3 is 10.2 Å². The Morgan fingerprint density at radius 2 is 1.67 bits per heavy atom. The Balaban J connectivity index is 2.71. The highest BCUT2D eigenvalue weighted by Crippen LogP contribution is 2.15. The fraction of sp³-hybridized carbons (Fsp3) is 0.500. The highest BCUT2D eigenvalue weighted by molar-refractivity contribution is 5.88. The molecule has 0 saturated heterocycles. The van der Waals surface area contributed by atoms with Crippen LogP contribution >= 0.6 is 0 Å². The van der Waals surface area contributed by atoms with Crippen molar-refractivity contribution in [1.29, 1.82) is 0 Å². The van der Waals surface area contributed by atoms with Crippen LogP contribution in [0, 0.1) is 10.8 Å². The van der Waals surface area contributed by atoms with Gasteiger partial charge in [-0.05, 0) is 35.1 Å². The predicted molar refractivity (Wildman–Crippen MR) is 110 cm³/mol. The Morgan fingerprint density at radius 3 is 2.22 bits per heavy atom. The number of pyridine rings is 1. The molecule has 0 aliphatic rings. The SMILES string of the molecule is CC(C)(C)C=CC(=O)NCCN(Cc1ccccn1)C(=O)C=CC(C)(C)C. The summed E-state index contributed by atoms with van der Waals surface area (Å²) in [6.45, 7) is 13.4. The first kappa shape index (κ1) is 22.6. The molecule has 27 heavy (non-hydrogen) atoms. The number of amides is 2. The molecule has 0 aromatic carbocycles. The van der Waals surface area contributed by atoms with Gasteiger partial charge in [-0.1, -0.05) is 59.8 Å². The maximum absolute atomic E-state index is 12.6. The minimum absolute atomic E-state index is 0.0456. The average Bonchev–Trinajstić information content (AvgIpc) is 2.56. The van der Waals surface area contributed by atoms with Gasteiger partial charge in [0.05, 0.1) is 12.2 Å². The molecule has 1 aromatic heterocycles. The van der Waals surface area contributed by atoms with Crippen LogP contribution in [0.4, 0.5) is 0 Å². The molecule has 0 radical (unpaired) electrons. The number of nitrogens with one attached hydrogen (secondary N) is 1. The predicted octanol–water partition coefficient (Wildman–Crippen LogP) is 3.73. The van der Waals surface area contributed by atoms with E-state index in [-0.39, 0.29) is 22.6 Å². The zero-order chi connectivity index (χ0) is 20.5. The van der Waals surface area contributed by atoms with Gasteiger partial charge in [0.1, 0.15) is 0 Å². The maximum atomic E-state index is 12.6. The molecule has 1 rings (SSSR count). The van der Waals surface area contributed by atoms with Crippen LogP contribution in [0.25, 0.3) is 0 Å². The van der Waals surface area contributed by atoms with Gasteiger partial charge in [-0.2, -0.15) is 0 Å². The van der Waals surface area contributed by atoms with Gasteiger partial charge in [-0.15, -0.1) is 0 Å². The molecule has 0 unspecified atom stereocenters. The van der Waals surface area contributed by atoms with Gasteiger partial charge in [-0.3, -0.25) is 14.6 Å². The summed E-state index contributed by atoms with van der Waals surface area (Å²) in [4.78, 5) is 30.5. The highest BCUT2D eigenvalue weighted by atomic mass is 16.2. The molecule has 0 aliphatic heterocycles. The fourth-order valence-electron chi connectivity index (χ4n) is 2.08. The molecule has 5 heteroatoms. The number of hydrogen-bond acceptors (Lipinski definition) is 3. The molecule has 0 saturated carbocycles. The van der Waals surface area contributed by atoms with Crippen LogP contribution < -0.4 is 5.32 Å². The van der Waals surface area contributed by atoms with E-state index in [4.69, 9.17) is 0 Å². The van der Waals surface area contributed by atoms with E-state index >= 15 is 0 Å². The van der Waals surface area contributed by atoms with E-state index in [1.54, 1.807) is 23.2 Å². The summed E-state index contributed by atoms with van der Waals surface area (Å²) >= 11 is 0. The number of rotatable bonds is 7. The lowest BCUT2D eigenvalue weighted by Crippen LogP contribution is -2.37. The van der Waals surface area contributed by atoms with Crippen LogP contribution in [-0.4, -0.2) is 34.8 Å². The zero-order valence-electron chi connectivity index (χ0n) is 17.5. The van der Waals surface area contributed by atoms with Crippen molar-refractivity contribution in [3.63, 3.8) is 0 Å². The highest BCUT2D eigenvalue weighted by Gasteiger charge is 2.14. The Kier molecular flexibility index (Phi) is 8.41. The topological polar surface area (TPSA) is 62.3 Å². The normalized spacial score (nSPS) is 12.5. The second kappa shape index (κ2) is 10.0. The second-order valence-corrected chi connectivity index (χ2v) is 8.77. The smallest absolute Gasteiger partial charge is 0.246 e. The lowest BCUT2D eigenvalue weighted by atomic mass is 9.96. The van der Waals surface area contributed by atoms with E-state index in [2.05, 4.69) is 10.3 Å². The number of nitrogens with zero attached hydrogens (tertiary/aromatic N) is 2. The molecule has 1 heterocycles. The van der Waals surface area contributed by atoms with Crippen LogP contribution in [-0.2, 0) is 16.1 Å². The van der Waals surface area contributed by atoms with Crippen LogP contribution in [0.5, 0.6) is 0 Å². The van der Waals surface area contributed by atoms with Crippen LogP contribution in [0.1, 0.15) is 47.2 Å². The molecule has 0 spiro atoms. The summed E-state index contributed by atoms with van der Waals surface area (Å²) in [6, 6.07) is 5.63. The van der Waals surface area contributed by atoms with Gasteiger partial charge in [-0.25, -0.2) is 0 Å². The van der Waals surface area contributed by atoms with Gasteiger partial charge >= 0.3 is 0 Å². The summed E-state index contributed by atoms with van der Waals surface area (Å²) in [6.07, 6.45) is 8.62. The average molecular weight is 372 g/mol. The first-order valence-electron chi connectivity index (χ1n) is 9.31. The Morgan fingerprint density at radius 1 is 1.04 bits per heavy atom. The fourth-order valence-corrected chi connectivity index (χ4v) is 2.08. The minimum atomic E-state index is -0.152. The number of allylic oxidation sites excluding steroid dienone is 2. The second-order valence-electron chi connectivity index (χ2n) is 8.77. The lowest BCUT2D eigenvalue weighted by Gasteiger charge is -2.22. The Hall–Kier alpha value is -2.43. The van der Waals surface area contributed by atoms with E-state index in [9.17, 15) is 9.59 Å². The van der Waals surface area contributed by atoms with E-state index in [1.807, 2.05) is 71.9 Å². The molecule has 2 amide bonds. The molecule has 0 atom stereocenters. The van der Waals surface area contributed by atoms with Crippen molar-refractivity contribution in [3.05, 3.63) is 54.4 Å². The molecule has 0 bridgehead atoms. The quantitative estimate of drug-likeness (QED) is 0.743. The van der Waals surface area contributed by atoms with E-state index in [0.29, 0.717) is 19.6 Å². The summed E-state index contributed by atoms with van der Waals surface area (Å²) < 4.78 is 0. The van der Waals surface area contributed by atoms with E-state index < -0.39 is 0 Å². The van der Waals surface area contributed by atoms with E-state index in [1.165, 1.54) is 0 Å². The number of aromatic nitrogens is 1. The number of hydrogen-bond donors (Lipinski definition) is 1. The van der Waals surface area contributed by atoms with Crippen molar-refractivity contribution in [2.45, 2.75) is 48.1 Å². The maximum Gasteiger partial charge on any atom is 0.246 e. The molecule has 0 aliphatic carbocycles. The van der Waals surface area contributed by atoms with Crippen LogP contribution in [0.15, 0.2) is 48.7 Å². The summed E-state index contributed by atoms with van der Waals surface area (Å²) in [5.41, 5.74) is 0.697. The lowest BCUT2D eigenvalue weighted by molar-refractivity contribution is -0.127. The van der Waals surface area contributed by atoms with Crippen LogP contribution in [0.2, 0.25) is 0 Å². The number of carbonyl (C=O) groups excluding carboxylic acids is 2. The molecule has 1 N–H and O–H groups in total. The van der Waals surface area contributed by atoms with Gasteiger partial charge in [0, 0.05) is 19.3 Å². The first-order valence-corrected chi connectivity index (χ1v) is 9.31. The molecular formula is C22H33N3O2. The van der Waals surface area contributed by atoms with Gasteiger partial charge in [0.15, 0.2) is 0 Å². The largest absolute Gasteiger partial charge is 0.351 e. The van der Waals surface area contributed by atoms with Gasteiger partial charge in [0.25, 0.3) is 0 Å².